The molecule has 58 heavy (non-hydrogen) atoms. The van der Waals surface area contributed by atoms with Gasteiger partial charge in [-0.1, -0.05) is 166 Å². The molecule has 2 heterocycles. The van der Waals surface area contributed by atoms with Gasteiger partial charge in [0.25, 0.3) is 0 Å². The molecule has 0 amide bonds. The highest BCUT2D eigenvalue weighted by Crippen LogP contribution is 2.53. The highest BCUT2D eigenvalue weighted by atomic mass is 16.3. The van der Waals surface area contributed by atoms with Crippen LogP contribution < -0.4 is 0 Å². The number of aromatic nitrogens is 3. The monoisotopic (exact) mass is 741 g/mol. The molecular weight excluding hydrogens is 707 g/mol. The topological polar surface area (TPSA) is 51.8 Å². The van der Waals surface area contributed by atoms with Crippen LogP contribution in [0.3, 0.4) is 0 Å². The molecule has 272 valence electrons. The number of hydrogen-bond donors (Lipinski definition) is 0. The molecule has 0 radical (unpaired) electrons. The van der Waals surface area contributed by atoms with E-state index in [-0.39, 0.29) is 5.41 Å². The minimum Gasteiger partial charge on any atom is -0.456 e. The van der Waals surface area contributed by atoms with Crippen LogP contribution in [0.25, 0.3) is 111 Å². The van der Waals surface area contributed by atoms with E-state index in [9.17, 15) is 0 Å². The van der Waals surface area contributed by atoms with Crippen molar-refractivity contribution in [1.29, 1.82) is 0 Å². The Bertz CT molecular complexity index is 3490. The predicted octanol–water partition coefficient (Wildman–Crippen LogP) is 14.2. The predicted molar refractivity (Wildman–Crippen MR) is 239 cm³/mol. The zero-order valence-corrected chi connectivity index (χ0v) is 32.0. The fourth-order valence-corrected chi connectivity index (χ4v) is 9.57. The molecule has 0 N–H and O–H groups in total. The molecule has 0 bridgehead atoms. The third kappa shape index (κ3) is 4.85. The van der Waals surface area contributed by atoms with Crippen LogP contribution in [-0.2, 0) is 5.41 Å². The smallest absolute Gasteiger partial charge is 0.164 e. The SMILES string of the molecule is CC1(C)c2ccccc2-c2ccc3ccc4ccc5cc(-c6nc(-c7cccc(-c8ccccc8)c7)nc(-c7cccc8oc9ccccc9c78)n6)ccc5c4c3c21. The summed E-state index contributed by atoms with van der Waals surface area (Å²) in [5, 5.41) is 9.49. The van der Waals surface area contributed by atoms with Crippen molar-refractivity contribution in [3.63, 3.8) is 0 Å². The van der Waals surface area contributed by atoms with Gasteiger partial charge in [0.15, 0.2) is 17.5 Å². The minimum absolute atomic E-state index is 0.138. The number of fused-ring (bicyclic) bond motifs is 12. The Morgan fingerprint density at radius 1 is 0.379 bits per heavy atom. The zero-order chi connectivity index (χ0) is 38.5. The summed E-state index contributed by atoms with van der Waals surface area (Å²) in [6.07, 6.45) is 0. The number of hydrogen-bond acceptors (Lipinski definition) is 4. The molecule has 9 aromatic carbocycles. The molecule has 1 aliphatic carbocycles. The van der Waals surface area contributed by atoms with Gasteiger partial charge in [0.2, 0.25) is 0 Å². The van der Waals surface area contributed by atoms with E-state index in [4.69, 9.17) is 19.4 Å². The van der Waals surface area contributed by atoms with E-state index >= 15 is 0 Å². The van der Waals surface area contributed by atoms with E-state index in [1.54, 1.807) is 0 Å². The van der Waals surface area contributed by atoms with E-state index in [1.165, 1.54) is 49.2 Å². The lowest BCUT2D eigenvalue weighted by atomic mass is 9.79. The Labute approximate surface area is 335 Å². The van der Waals surface area contributed by atoms with Gasteiger partial charge < -0.3 is 4.42 Å². The molecule has 2 aromatic heterocycles. The van der Waals surface area contributed by atoms with Crippen LogP contribution >= 0.6 is 0 Å². The lowest BCUT2D eigenvalue weighted by Crippen LogP contribution is -2.15. The van der Waals surface area contributed by atoms with Gasteiger partial charge >= 0.3 is 0 Å². The van der Waals surface area contributed by atoms with Crippen molar-refractivity contribution in [2.75, 3.05) is 0 Å². The fourth-order valence-electron chi connectivity index (χ4n) is 9.57. The van der Waals surface area contributed by atoms with Gasteiger partial charge in [-0.2, -0.15) is 0 Å². The van der Waals surface area contributed by atoms with E-state index in [1.807, 2.05) is 36.4 Å². The Kier molecular flexibility index (Phi) is 6.94. The second-order valence-corrected chi connectivity index (χ2v) is 16.0. The quantitative estimate of drug-likeness (QED) is 0.169. The van der Waals surface area contributed by atoms with Gasteiger partial charge in [-0.3, -0.25) is 0 Å². The number of para-hydroxylation sites is 1. The van der Waals surface area contributed by atoms with Crippen LogP contribution in [0.1, 0.15) is 25.0 Å². The molecule has 0 atom stereocenters. The van der Waals surface area contributed by atoms with Crippen LogP contribution in [0.2, 0.25) is 0 Å². The maximum Gasteiger partial charge on any atom is 0.164 e. The Morgan fingerprint density at radius 2 is 1.00 bits per heavy atom. The van der Waals surface area contributed by atoms with Crippen LogP contribution in [0, 0.1) is 0 Å². The van der Waals surface area contributed by atoms with Crippen molar-refractivity contribution in [1.82, 2.24) is 15.0 Å². The molecule has 1 aliphatic rings. The average molecular weight is 742 g/mol. The molecule has 0 saturated carbocycles. The first kappa shape index (κ1) is 32.8. The molecule has 11 aromatic rings. The molecule has 0 saturated heterocycles. The zero-order valence-electron chi connectivity index (χ0n) is 32.0. The fraction of sp³-hybridized carbons (Fsp3) is 0.0556. The first-order valence-corrected chi connectivity index (χ1v) is 19.9. The Morgan fingerprint density at radius 3 is 1.86 bits per heavy atom. The molecule has 4 nitrogen and oxygen atoms in total. The summed E-state index contributed by atoms with van der Waals surface area (Å²) >= 11 is 0. The largest absolute Gasteiger partial charge is 0.456 e. The van der Waals surface area contributed by atoms with Crippen LogP contribution in [-0.4, -0.2) is 15.0 Å². The number of benzene rings is 9. The minimum atomic E-state index is -0.138. The highest BCUT2D eigenvalue weighted by Gasteiger charge is 2.37. The van der Waals surface area contributed by atoms with Gasteiger partial charge in [0.1, 0.15) is 11.2 Å². The normalized spacial score (nSPS) is 13.1. The van der Waals surface area contributed by atoms with Gasteiger partial charge in [-0.25, -0.2) is 15.0 Å². The number of rotatable bonds is 4. The molecule has 0 spiro atoms. The summed E-state index contributed by atoms with van der Waals surface area (Å²) in [5.41, 5.74) is 11.9. The van der Waals surface area contributed by atoms with Crippen molar-refractivity contribution in [3.8, 4) is 56.4 Å². The number of nitrogens with zero attached hydrogens (tertiary/aromatic N) is 3. The van der Waals surface area contributed by atoms with Gasteiger partial charge in [-0.05, 0) is 90.0 Å². The third-order valence-electron chi connectivity index (χ3n) is 12.3. The second kappa shape index (κ2) is 12.3. The molecule has 4 heteroatoms. The van der Waals surface area contributed by atoms with Crippen LogP contribution in [0.4, 0.5) is 0 Å². The summed E-state index contributed by atoms with van der Waals surface area (Å²) in [6, 6.07) is 62.4. The first-order chi connectivity index (χ1) is 28.5. The van der Waals surface area contributed by atoms with E-state index in [0.717, 1.165) is 55.1 Å². The van der Waals surface area contributed by atoms with E-state index < -0.39 is 0 Å². The van der Waals surface area contributed by atoms with E-state index in [2.05, 4.69) is 153 Å². The standard InChI is InChI=1S/C54H35N3O/c1-54(2)44-19-8-6-16-40(44)41-29-26-34-23-22-33-24-25-36-31-38(27-28-39(36)47(33)48(34)50(41)54)52-55-51(37-15-10-14-35(30-37)32-12-4-3-5-13-32)56-53(57-52)43-18-11-21-46-49(43)42-17-7-9-20-45(42)58-46/h3-31H,1-2H3. The van der Waals surface area contributed by atoms with Crippen molar-refractivity contribution in [2.45, 2.75) is 19.3 Å². The second-order valence-electron chi connectivity index (χ2n) is 16.0. The Hall–Kier alpha value is -7.43. The van der Waals surface area contributed by atoms with Gasteiger partial charge in [0.05, 0.1) is 0 Å². The molecule has 0 unspecified atom stereocenters. The van der Waals surface area contributed by atoms with Crippen LogP contribution in [0.15, 0.2) is 180 Å². The summed E-state index contributed by atoms with van der Waals surface area (Å²) < 4.78 is 6.31. The number of furan rings is 1. The summed E-state index contributed by atoms with van der Waals surface area (Å²) in [5.74, 6) is 1.83. The maximum atomic E-state index is 6.31. The molecule has 0 fully saturated rings. The molecule has 12 rings (SSSR count). The third-order valence-corrected chi connectivity index (χ3v) is 12.3. The molecular formula is C54H35N3O. The van der Waals surface area contributed by atoms with Crippen molar-refractivity contribution in [2.24, 2.45) is 0 Å². The first-order valence-electron chi connectivity index (χ1n) is 19.9. The van der Waals surface area contributed by atoms with Crippen molar-refractivity contribution < 1.29 is 4.42 Å². The summed E-state index contributed by atoms with van der Waals surface area (Å²) in [4.78, 5) is 15.7. The van der Waals surface area contributed by atoms with Gasteiger partial charge in [-0.15, -0.1) is 0 Å². The van der Waals surface area contributed by atoms with Crippen LogP contribution in [0.5, 0.6) is 0 Å². The average Bonchev–Trinajstić information content (AvgIpc) is 3.78. The highest BCUT2D eigenvalue weighted by molar-refractivity contribution is 6.23. The van der Waals surface area contributed by atoms with E-state index in [0.29, 0.717) is 17.5 Å². The summed E-state index contributed by atoms with van der Waals surface area (Å²) in [6.45, 7) is 4.75. The van der Waals surface area contributed by atoms with Crippen molar-refractivity contribution in [3.05, 3.63) is 187 Å². The lowest BCUT2D eigenvalue weighted by Gasteiger charge is -2.24. The van der Waals surface area contributed by atoms with Crippen molar-refractivity contribution >= 4 is 54.3 Å². The summed E-state index contributed by atoms with van der Waals surface area (Å²) in [7, 11) is 0. The lowest BCUT2D eigenvalue weighted by molar-refractivity contribution is 0.666. The Balaban J connectivity index is 1.09. The molecule has 0 aliphatic heterocycles. The maximum absolute atomic E-state index is 6.31. The van der Waals surface area contributed by atoms with Gasteiger partial charge in [0, 0.05) is 32.9 Å².